The topological polar surface area (TPSA) is 132 Å². The van der Waals surface area contributed by atoms with E-state index in [-0.39, 0.29) is 30.4 Å². The van der Waals surface area contributed by atoms with Gasteiger partial charge in [0.1, 0.15) is 11.3 Å². The zero-order valence-corrected chi connectivity index (χ0v) is 11.3. The highest BCUT2D eigenvalue weighted by Gasteiger charge is 2.44. The number of nitro groups is 1. The van der Waals surface area contributed by atoms with Gasteiger partial charge in [-0.15, -0.1) is 0 Å². The van der Waals surface area contributed by atoms with Crippen molar-refractivity contribution in [2.45, 2.75) is 12.0 Å². The fraction of sp³-hybridized carbons (Fsp3) is 0.364. The van der Waals surface area contributed by atoms with Crippen LogP contribution in [0.3, 0.4) is 0 Å². The Labute approximate surface area is 123 Å². The van der Waals surface area contributed by atoms with Crippen LogP contribution >= 0.6 is 11.6 Å². The summed E-state index contributed by atoms with van der Waals surface area (Å²) in [4.78, 5) is 36.9. The molecule has 0 saturated carbocycles. The Morgan fingerprint density at radius 3 is 2.81 bits per heavy atom. The van der Waals surface area contributed by atoms with Gasteiger partial charge in [0.25, 0.3) is 11.6 Å². The Morgan fingerprint density at radius 1 is 1.57 bits per heavy atom. The van der Waals surface area contributed by atoms with Gasteiger partial charge in [0.05, 0.1) is 17.1 Å². The van der Waals surface area contributed by atoms with Gasteiger partial charge in [-0.1, -0.05) is 11.6 Å². The molecular weight excluding hydrogens is 306 g/mol. The summed E-state index contributed by atoms with van der Waals surface area (Å²) < 4.78 is 5.00. The smallest absolute Gasteiger partial charge is 0.331 e. The predicted molar refractivity (Wildman–Crippen MR) is 69.2 cm³/mol. The largest absolute Gasteiger partial charge is 0.479 e. The molecule has 0 aromatic carbocycles. The van der Waals surface area contributed by atoms with Gasteiger partial charge >= 0.3 is 5.97 Å². The summed E-state index contributed by atoms with van der Waals surface area (Å²) in [6.45, 7) is 0.00154. The summed E-state index contributed by atoms with van der Waals surface area (Å²) in [5, 5.41) is 22.0. The zero-order valence-electron chi connectivity index (χ0n) is 10.5. The summed E-state index contributed by atoms with van der Waals surface area (Å²) >= 11 is 5.73. The number of halogens is 1. The van der Waals surface area contributed by atoms with Crippen LogP contribution in [0, 0.1) is 10.1 Å². The molecule has 1 saturated heterocycles. The number of rotatable bonds is 4. The maximum atomic E-state index is 12.1. The average Bonchev–Trinajstić information content (AvgIpc) is 2.88. The van der Waals surface area contributed by atoms with Crippen LogP contribution < -0.4 is 5.32 Å². The molecule has 1 aliphatic rings. The second kappa shape index (κ2) is 5.62. The van der Waals surface area contributed by atoms with Gasteiger partial charge in [0.15, 0.2) is 5.54 Å². The monoisotopic (exact) mass is 315 g/mol. The molecule has 2 heterocycles. The second-order valence-corrected chi connectivity index (χ2v) is 4.79. The Kier molecular flexibility index (Phi) is 4.05. The number of hydrogen-bond acceptors (Lipinski definition) is 6. The van der Waals surface area contributed by atoms with Gasteiger partial charge in [-0.25, -0.2) is 9.78 Å². The average molecular weight is 316 g/mol. The molecule has 1 aromatic rings. The first kappa shape index (κ1) is 15.1. The van der Waals surface area contributed by atoms with Crippen molar-refractivity contribution in [2.24, 2.45) is 0 Å². The Bertz CT molecular complexity index is 614. The molecule has 0 radical (unpaired) electrons. The lowest BCUT2D eigenvalue weighted by Gasteiger charge is -2.23. The van der Waals surface area contributed by atoms with Crippen molar-refractivity contribution < 1.29 is 24.4 Å². The van der Waals surface area contributed by atoms with Crippen LogP contribution in [-0.4, -0.2) is 45.6 Å². The summed E-state index contributed by atoms with van der Waals surface area (Å²) in [5.74, 6) is -2.10. The third kappa shape index (κ3) is 2.93. The maximum absolute atomic E-state index is 12.1. The first-order valence-corrected chi connectivity index (χ1v) is 6.17. The van der Waals surface area contributed by atoms with Crippen LogP contribution in [0.4, 0.5) is 5.69 Å². The number of hydrogen-bond donors (Lipinski definition) is 2. The number of ether oxygens (including phenoxy) is 1. The van der Waals surface area contributed by atoms with Crippen molar-refractivity contribution in [1.29, 1.82) is 0 Å². The SMILES string of the molecule is O=C(NC1(C(=O)O)CCOC1)c1cc([N+](=O)[O-])cnc1Cl. The molecule has 1 amide bonds. The lowest BCUT2D eigenvalue weighted by Crippen LogP contribution is -2.55. The molecule has 1 unspecified atom stereocenters. The van der Waals surface area contributed by atoms with Gasteiger partial charge in [0.2, 0.25) is 0 Å². The molecule has 1 fully saturated rings. The fourth-order valence-corrected chi connectivity index (χ4v) is 2.06. The van der Waals surface area contributed by atoms with E-state index < -0.39 is 28.0 Å². The molecule has 2 N–H and O–H groups in total. The molecule has 10 heteroatoms. The van der Waals surface area contributed by atoms with Crippen molar-refractivity contribution in [3.8, 4) is 0 Å². The number of aromatic nitrogens is 1. The molecule has 1 aliphatic heterocycles. The summed E-state index contributed by atoms with van der Waals surface area (Å²) in [5.41, 5.74) is -2.25. The first-order valence-electron chi connectivity index (χ1n) is 5.79. The quantitative estimate of drug-likeness (QED) is 0.472. The van der Waals surface area contributed by atoms with E-state index in [0.717, 1.165) is 12.3 Å². The molecular formula is C11H10ClN3O6. The number of aliphatic carboxylic acids is 1. The van der Waals surface area contributed by atoms with E-state index in [1.165, 1.54) is 0 Å². The first-order chi connectivity index (χ1) is 9.85. The lowest BCUT2D eigenvalue weighted by atomic mass is 9.98. The highest BCUT2D eigenvalue weighted by molar-refractivity contribution is 6.32. The van der Waals surface area contributed by atoms with Crippen molar-refractivity contribution in [1.82, 2.24) is 10.3 Å². The van der Waals surface area contributed by atoms with Gasteiger partial charge in [0, 0.05) is 19.1 Å². The van der Waals surface area contributed by atoms with Crippen molar-refractivity contribution in [2.75, 3.05) is 13.2 Å². The number of carbonyl (C=O) groups is 2. The van der Waals surface area contributed by atoms with Gasteiger partial charge in [-0.3, -0.25) is 14.9 Å². The van der Waals surface area contributed by atoms with Gasteiger partial charge in [-0.2, -0.15) is 0 Å². The number of carbonyl (C=O) groups excluding carboxylic acids is 1. The second-order valence-electron chi connectivity index (χ2n) is 4.43. The van der Waals surface area contributed by atoms with Crippen LogP contribution in [0.15, 0.2) is 12.3 Å². The van der Waals surface area contributed by atoms with Gasteiger partial charge in [-0.05, 0) is 0 Å². The number of carboxylic acid groups (broad SMARTS) is 1. The maximum Gasteiger partial charge on any atom is 0.331 e. The summed E-state index contributed by atoms with van der Waals surface area (Å²) in [6.07, 6.45) is 0.999. The van der Waals surface area contributed by atoms with Crippen LogP contribution in [-0.2, 0) is 9.53 Å². The molecule has 112 valence electrons. The standard InChI is InChI=1S/C11H10ClN3O6/c12-8-7(3-6(4-13-8)15(19)20)9(16)14-11(10(17)18)1-2-21-5-11/h3-4H,1-2,5H2,(H,14,16)(H,17,18). The molecule has 0 aliphatic carbocycles. The van der Waals surface area contributed by atoms with Crippen molar-refractivity contribution in [3.63, 3.8) is 0 Å². The molecule has 21 heavy (non-hydrogen) atoms. The third-order valence-corrected chi connectivity index (χ3v) is 3.37. The Hall–Kier alpha value is -2.26. The lowest BCUT2D eigenvalue weighted by molar-refractivity contribution is -0.385. The number of amides is 1. The fourth-order valence-electron chi connectivity index (χ4n) is 1.87. The molecule has 2 rings (SSSR count). The van der Waals surface area contributed by atoms with Crippen LogP contribution in [0.5, 0.6) is 0 Å². The highest BCUT2D eigenvalue weighted by atomic mass is 35.5. The van der Waals surface area contributed by atoms with E-state index in [1.807, 2.05) is 0 Å². The van der Waals surface area contributed by atoms with E-state index in [1.54, 1.807) is 0 Å². The number of nitrogens with one attached hydrogen (secondary N) is 1. The van der Waals surface area contributed by atoms with Crippen LogP contribution in [0.2, 0.25) is 5.15 Å². The van der Waals surface area contributed by atoms with E-state index in [9.17, 15) is 24.8 Å². The number of nitrogens with zero attached hydrogens (tertiary/aromatic N) is 2. The van der Waals surface area contributed by atoms with E-state index in [2.05, 4.69) is 10.3 Å². The number of pyridine rings is 1. The van der Waals surface area contributed by atoms with E-state index in [0.29, 0.717) is 0 Å². The zero-order chi connectivity index (χ0) is 15.6. The molecule has 1 atom stereocenters. The molecule has 0 spiro atoms. The number of carboxylic acids is 1. The van der Waals surface area contributed by atoms with Crippen molar-refractivity contribution >= 4 is 29.2 Å². The minimum absolute atomic E-state index is 0.0913. The molecule has 9 nitrogen and oxygen atoms in total. The summed E-state index contributed by atoms with van der Waals surface area (Å²) in [7, 11) is 0. The van der Waals surface area contributed by atoms with E-state index >= 15 is 0 Å². The minimum Gasteiger partial charge on any atom is -0.479 e. The normalized spacial score (nSPS) is 21.0. The van der Waals surface area contributed by atoms with Crippen LogP contribution in [0.25, 0.3) is 0 Å². The van der Waals surface area contributed by atoms with E-state index in [4.69, 9.17) is 16.3 Å². The third-order valence-electron chi connectivity index (χ3n) is 3.06. The Morgan fingerprint density at radius 2 is 2.29 bits per heavy atom. The molecule has 0 bridgehead atoms. The van der Waals surface area contributed by atoms with Crippen LogP contribution in [0.1, 0.15) is 16.8 Å². The van der Waals surface area contributed by atoms with Gasteiger partial charge < -0.3 is 15.2 Å². The predicted octanol–water partition coefficient (Wildman–Crippen LogP) is 0.617. The molecule has 1 aromatic heterocycles. The minimum atomic E-state index is -1.56. The van der Waals surface area contributed by atoms with Crippen molar-refractivity contribution in [3.05, 3.63) is 33.1 Å². The summed E-state index contributed by atoms with van der Waals surface area (Å²) in [6, 6.07) is 0.941. The highest BCUT2D eigenvalue weighted by Crippen LogP contribution is 2.23. The Balaban J connectivity index is 2.30.